The Morgan fingerprint density at radius 3 is 2.65 bits per heavy atom. The Morgan fingerprint density at radius 1 is 1.20 bits per heavy atom. The quantitative estimate of drug-likeness (QED) is 0.818. The van der Waals surface area contributed by atoms with Gasteiger partial charge in [0.2, 0.25) is 0 Å². The van der Waals surface area contributed by atoms with Crippen LogP contribution in [0.15, 0.2) is 42.5 Å². The zero-order chi connectivity index (χ0) is 14.5. The second kappa shape index (κ2) is 5.97. The van der Waals surface area contributed by atoms with Gasteiger partial charge in [-0.25, -0.2) is 4.79 Å². The van der Waals surface area contributed by atoms with Gasteiger partial charge in [-0.3, -0.25) is 0 Å². The fraction of sp³-hybridized carbons (Fsp3) is 0.133. The number of hydrogen-bond acceptors (Lipinski definition) is 4. The van der Waals surface area contributed by atoms with Gasteiger partial charge in [0.15, 0.2) is 0 Å². The normalized spacial score (nSPS) is 10.1. The van der Waals surface area contributed by atoms with Crippen LogP contribution in [0.3, 0.4) is 0 Å². The molecular weight excluding hydrogens is 258 g/mol. The van der Waals surface area contributed by atoms with Gasteiger partial charge in [0.25, 0.3) is 0 Å². The summed E-state index contributed by atoms with van der Waals surface area (Å²) >= 11 is 0. The van der Waals surface area contributed by atoms with E-state index >= 15 is 0 Å². The second-order valence-corrected chi connectivity index (χ2v) is 4.07. The van der Waals surface area contributed by atoms with Crippen molar-refractivity contribution in [3.8, 4) is 17.2 Å². The maximum absolute atomic E-state index is 11.1. The first-order valence-electron chi connectivity index (χ1n) is 6.13. The number of hydrogen-bond donors (Lipinski definition) is 2. The summed E-state index contributed by atoms with van der Waals surface area (Å²) < 4.78 is 11.0. The number of benzene rings is 2. The van der Waals surface area contributed by atoms with Crippen molar-refractivity contribution in [3.05, 3.63) is 48.0 Å². The summed E-state index contributed by atoms with van der Waals surface area (Å²) in [5.74, 6) is 0.280. The molecule has 20 heavy (non-hydrogen) atoms. The predicted molar refractivity (Wildman–Crippen MR) is 75.5 cm³/mol. The van der Waals surface area contributed by atoms with Gasteiger partial charge in [0.05, 0.1) is 6.61 Å². The maximum atomic E-state index is 11.1. The number of carbonyl (C=O) groups is 1. The minimum absolute atomic E-state index is 0.0565. The summed E-state index contributed by atoms with van der Waals surface area (Å²) in [6.07, 6.45) is 0. The zero-order valence-electron chi connectivity index (χ0n) is 11.0. The van der Waals surface area contributed by atoms with E-state index < -0.39 is 5.97 Å². The van der Waals surface area contributed by atoms with E-state index in [-0.39, 0.29) is 11.3 Å². The third-order valence-corrected chi connectivity index (χ3v) is 2.58. The average Bonchev–Trinajstić information content (AvgIpc) is 2.39. The molecule has 0 aliphatic heterocycles. The van der Waals surface area contributed by atoms with Gasteiger partial charge in [-0.1, -0.05) is 6.07 Å². The first kappa shape index (κ1) is 13.7. The van der Waals surface area contributed by atoms with Crippen molar-refractivity contribution in [2.24, 2.45) is 0 Å². The lowest BCUT2D eigenvalue weighted by Crippen LogP contribution is -2.01. The number of rotatable bonds is 5. The smallest absolute Gasteiger partial charge is 0.339 e. The molecule has 0 aliphatic carbocycles. The highest BCUT2D eigenvalue weighted by molar-refractivity contribution is 5.91. The molecule has 0 saturated heterocycles. The highest BCUT2D eigenvalue weighted by atomic mass is 16.5. The van der Waals surface area contributed by atoms with Gasteiger partial charge in [-0.15, -0.1) is 0 Å². The second-order valence-electron chi connectivity index (χ2n) is 4.07. The first-order chi connectivity index (χ1) is 9.60. The Bertz CT molecular complexity index is 625. The SMILES string of the molecule is CCOc1cccc(Oc2cc(N)ccc2C(=O)O)c1. The Kier molecular flexibility index (Phi) is 4.10. The molecule has 0 radical (unpaired) electrons. The summed E-state index contributed by atoms with van der Waals surface area (Å²) in [4.78, 5) is 11.1. The molecule has 0 atom stereocenters. The molecule has 0 spiro atoms. The first-order valence-corrected chi connectivity index (χ1v) is 6.13. The van der Waals surface area contributed by atoms with Gasteiger partial charge < -0.3 is 20.3 Å². The topological polar surface area (TPSA) is 81.8 Å². The van der Waals surface area contributed by atoms with Crippen molar-refractivity contribution in [3.63, 3.8) is 0 Å². The molecule has 0 fully saturated rings. The predicted octanol–water partition coefficient (Wildman–Crippen LogP) is 3.16. The minimum atomic E-state index is -1.07. The lowest BCUT2D eigenvalue weighted by Gasteiger charge is -2.11. The molecule has 0 unspecified atom stereocenters. The summed E-state index contributed by atoms with van der Waals surface area (Å²) in [5.41, 5.74) is 6.15. The molecule has 5 heteroatoms. The van der Waals surface area contributed by atoms with Crippen LogP contribution in [0.4, 0.5) is 5.69 Å². The summed E-state index contributed by atoms with van der Waals surface area (Å²) in [6.45, 7) is 2.43. The van der Waals surface area contributed by atoms with Crippen LogP contribution in [-0.4, -0.2) is 17.7 Å². The Morgan fingerprint density at radius 2 is 1.95 bits per heavy atom. The maximum Gasteiger partial charge on any atom is 0.339 e. The molecule has 2 aromatic rings. The van der Waals surface area contributed by atoms with Gasteiger partial charge in [-0.05, 0) is 31.2 Å². The Labute approximate surface area is 116 Å². The van der Waals surface area contributed by atoms with Crippen LogP contribution in [0.2, 0.25) is 0 Å². The molecule has 3 N–H and O–H groups in total. The van der Waals surface area contributed by atoms with Crippen molar-refractivity contribution in [1.82, 2.24) is 0 Å². The van der Waals surface area contributed by atoms with Crippen LogP contribution in [-0.2, 0) is 0 Å². The number of carboxylic acid groups (broad SMARTS) is 1. The summed E-state index contributed by atoms with van der Waals surface area (Å²) in [7, 11) is 0. The Hall–Kier alpha value is -2.69. The van der Waals surface area contributed by atoms with Crippen LogP contribution < -0.4 is 15.2 Å². The van der Waals surface area contributed by atoms with Crippen LogP contribution in [0.25, 0.3) is 0 Å². The monoisotopic (exact) mass is 273 g/mol. The van der Waals surface area contributed by atoms with E-state index in [2.05, 4.69) is 0 Å². The van der Waals surface area contributed by atoms with Crippen LogP contribution >= 0.6 is 0 Å². The van der Waals surface area contributed by atoms with E-state index in [4.69, 9.17) is 20.3 Å². The van der Waals surface area contributed by atoms with E-state index in [9.17, 15) is 4.79 Å². The standard InChI is InChI=1S/C15H15NO4/c1-2-19-11-4-3-5-12(9-11)20-14-8-10(16)6-7-13(14)15(17)18/h3-9H,2,16H2,1H3,(H,17,18). The van der Waals surface area contributed by atoms with Crippen LogP contribution in [0, 0.1) is 0 Å². The highest BCUT2D eigenvalue weighted by Gasteiger charge is 2.12. The molecule has 0 aromatic heterocycles. The number of carboxylic acids is 1. The highest BCUT2D eigenvalue weighted by Crippen LogP contribution is 2.29. The lowest BCUT2D eigenvalue weighted by atomic mass is 10.2. The van der Waals surface area contributed by atoms with Crippen molar-refractivity contribution >= 4 is 11.7 Å². The van der Waals surface area contributed by atoms with E-state index in [1.54, 1.807) is 24.3 Å². The molecule has 0 saturated carbocycles. The minimum Gasteiger partial charge on any atom is -0.494 e. The third kappa shape index (κ3) is 3.20. The average molecular weight is 273 g/mol. The molecule has 0 bridgehead atoms. The van der Waals surface area contributed by atoms with Crippen molar-refractivity contribution < 1.29 is 19.4 Å². The van der Waals surface area contributed by atoms with E-state index in [1.807, 2.05) is 6.92 Å². The number of aromatic carboxylic acids is 1. The fourth-order valence-electron chi connectivity index (χ4n) is 1.72. The summed E-state index contributed by atoms with van der Waals surface area (Å²) in [6, 6.07) is 11.4. The van der Waals surface area contributed by atoms with E-state index in [0.29, 0.717) is 23.8 Å². The lowest BCUT2D eigenvalue weighted by molar-refractivity contribution is 0.0694. The number of nitrogens with two attached hydrogens (primary N) is 1. The molecule has 2 aromatic carbocycles. The molecular formula is C15H15NO4. The van der Waals surface area contributed by atoms with Gasteiger partial charge >= 0.3 is 5.97 Å². The molecule has 2 rings (SSSR count). The van der Waals surface area contributed by atoms with Gasteiger partial charge in [0, 0.05) is 17.8 Å². The summed E-state index contributed by atoms with van der Waals surface area (Å²) in [5, 5.41) is 9.13. The van der Waals surface area contributed by atoms with Crippen molar-refractivity contribution in [2.75, 3.05) is 12.3 Å². The number of nitrogen functional groups attached to an aromatic ring is 1. The van der Waals surface area contributed by atoms with Crippen molar-refractivity contribution in [2.45, 2.75) is 6.92 Å². The van der Waals surface area contributed by atoms with Crippen LogP contribution in [0.5, 0.6) is 17.2 Å². The third-order valence-electron chi connectivity index (χ3n) is 2.58. The van der Waals surface area contributed by atoms with E-state index in [0.717, 1.165) is 0 Å². The van der Waals surface area contributed by atoms with Crippen LogP contribution in [0.1, 0.15) is 17.3 Å². The fourth-order valence-corrected chi connectivity index (χ4v) is 1.72. The largest absolute Gasteiger partial charge is 0.494 e. The molecule has 0 aliphatic rings. The molecule has 104 valence electrons. The molecule has 0 amide bonds. The molecule has 0 heterocycles. The van der Waals surface area contributed by atoms with Gasteiger partial charge in [-0.2, -0.15) is 0 Å². The van der Waals surface area contributed by atoms with E-state index in [1.165, 1.54) is 18.2 Å². The number of anilines is 1. The zero-order valence-corrected chi connectivity index (χ0v) is 11.0. The Balaban J connectivity index is 2.31. The van der Waals surface area contributed by atoms with Crippen molar-refractivity contribution in [1.29, 1.82) is 0 Å². The number of ether oxygens (including phenoxy) is 2. The van der Waals surface area contributed by atoms with Gasteiger partial charge in [0.1, 0.15) is 22.8 Å². The molecule has 5 nitrogen and oxygen atoms in total.